The van der Waals surface area contributed by atoms with Gasteiger partial charge in [0, 0.05) is 6.42 Å². The van der Waals surface area contributed by atoms with Gasteiger partial charge >= 0.3 is 5.97 Å². The Labute approximate surface area is 163 Å². The molecule has 0 aromatic carbocycles. The summed E-state index contributed by atoms with van der Waals surface area (Å²) in [6.07, 6.45) is 30.1. The molecule has 154 valence electrons. The van der Waals surface area contributed by atoms with E-state index in [-0.39, 0.29) is 0 Å². The van der Waals surface area contributed by atoms with Crippen LogP contribution >= 0.6 is 0 Å². The molecule has 0 aliphatic rings. The Morgan fingerprint density at radius 1 is 0.577 bits per heavy atom. The zero-order chi connectivity index (χ0) is 19.1. The molecule has 2 nitrogen and oxygen atoms in total. The zero-order valence-electron chi connectivity index (χ0n) is 17.7. The monoisotopic (exact) mass is 366 g/mol. The highest BCUT2D eigenvalue weighted by atomic mass is 16.4. The fourth-order valence-electron chi connectivity index (χ4n) is 3.42. The van der Waals surface area contributed by atoms with E-state index in [1.807, 2.05) is 0 Å². The molecule has 0 aliphatic carbocycles. The van der Waals surface area contributed by atoms with Gasteiger partial charge in [-0.05, 0) is 25.7 Å². The van der Waals surface area contributed by atoms with Crippen molar-refractivity contribution in [3.8, 4) is 0 Å². The van der Waals surface area contributed by atoms with Crippen LogP contribution in [0.15, 0.2) is 12.2 Å². The SMILES string of the molecule is CCCCCCCCCCCCCCCCCCC=CCCCC(=O)O. The number of carboxylic acids is 1. The summed E-state index contributed by atoms with van der Waals surface area (Å²) in [5.74, 6) is -0.684. The summed E-state index contributed by atoms with van der Waals surface area (Å²) >= 11 is 0. The maximum Gasteiger partial charge on any atom is 0.303 e. The number of carboxylic acid groups (broad SMARTS) is 1. The average Bonchev–Trinajstić information content (AvgIpc) is 2.62. The van der Waals surface area contributed by atoms with Gasteiger partial charge in [0.1, 0.15) is 0 Å². The molecule has 0 rings (SSSR count). The van der Waals surface area contributed by atoms with Crippen LogP contribution in [0.5, 0.6) is 0 Å². The molecule has 0 saturated carbocycles. The van der Waals surface area contributed by atoms with Crippen molar-refractivity contribution in [2.45, 2.75) is 135 Å². The first-order valence-corrected chi connectivity index (χ1v) is 11.6. The van der Waals surface area contributed by atoms with Gasteiger partial charge in [-0.1, -0.05) is 115 Å². The molecule has 0 unspecified atom stereocenters. The maximum absolute atomic E-state index is 10.4. The highest BCUT2D eigenvalue weighted by molar-refractivity contribution is 5.66. The van der Waals surface area contributed by atoms with Crippen LogP contribution in [0.3, 0.4) is 0 Å². The number of unbranched alkanes of at least 4 members (excludes halogenated alkanes) is 17. The number of rotatable bonds is 21. The number of carbonyl (C=O) groups is 1. The first kappa shape index (κ1) is 25.2. The molecule has 26 heavy (non-hydrogen) atoms. The molecule has 0 aromatic heterocycles. The lowest BCUT2D eigenvalue weighted by molar-refractivity contribution is -0.137. The smallest absolute Gasteiger partial charge is 0.303 e. The second kappa shape index (κ2) is 22.3. The van der Waals surface area contributed by atoms with E-state index in [0.717, 1.165) is 19.3 Å². The van der Waals surface area contributed by atoms with Crippen molar-refractivity contribution < 1.29 is 9.90 Å². The van der Waals surface area contributed by atoms with Crippen molar-refractivity contribution in [1.82, 2.24) is 0 Å². The Bertz CT molecular complexity index is 309. The van der Waals surface area contributed by atoms with Gasteiger partial charge in [0.05, 0.1) is 0 Å². The summed E-state index contributed by atoms with van der Waals surface area (Å²) in [6.45, 7) is 2.28. The first-order chi connectivity index (χ1) is 12.8. The van der Waals surface area contributed by atoms with Crippen molar-refractivity contribution in [1.29, 1.82) is 0 Å². The second-order valence-corrected chi connectivity index (χ2v) is 7.85. The third-order valence-corrected chi connectivity index (χ3v) is 5.15. The van der Waals surface area contributed by atoms with Gasteiger partial charge in [0.2, 0.25) is 0 Å². The van der Waals surface area contributed by atoms with Crippen molar-refractivity contribution in [2.24, 2.45) is 0 Å². The molecule has 0 atom stereocenters. The van der Waals surface area contributed by atoms with Gasteiger partial charge in [-0.15, -0.1) is 0 Å². The maximum atomic E-state index is 10.4. The van der Waals surface area contributed by atoms with E-state index in [1.54, 1.807) is 0 Å². The Morgan fingerprint density at radius 2 is 0.923 bits per heavy atom. The minimum Gasteiger partial charge on any atom is -0.481 e. The van der Waals surface area contributed by atoms with Crippen LogP contribution in [0.25, 0.3) is 0 Å². The third-order valence-electron chi connectivity index (χ3n) is 5.15. The van der Waals surface area contributed by atoms with Gasteiger partial charge in [-0.3, -0.25) is 4.79 Å². The molecule has 0 heterocycles. The van der Waals surface area contributed by atoms with Gasteiger partial charge in [-0.2, -0.15) is 0 Å². The van der Waals surface area contributed by atoms with E-state index in [1.165, 1.54) is 103 Å². The topological polar surface area (TPSA) is 37.3 Å². The summed E-state index contributed by atoms with van der Waals surface area (Å²) in [6, 6.07) is 0. The lowest BCUT2D eigenvalue weighted by atomic mass is 10.0. The van der Waals surface area contributed by atoms with E-state index >= 15 is 0 Å². The molecule has 0 radical (unpaired) electrons. The summed E-state index contributed by atoms with van der Waals surface area (Å²) in [5.41, 5.74) is 0. The first-order valence-electron chi connectivity index (χ1n) is 11.6. The highest BCUT2D eigenvalue weighted by Crippen LogP contribution is 2.14. The molecule has 2 heteroatoms. The van der Waals surface area contributed by atoms with Crippen LogP contribution < -0.4 is 0 Å². The molecule has 0 saturated heterocycles. The molecule has 0 fully saturated rings. The number of allylic oxidation sites excluding steroid dienone is 2. The molecule has 0 amide bonds. The minimum atomic E-state index is -0.684. The van der Waals surface area contributed by atoms with Crippen molar-refractivity contribution >= 4 is 5.97 Å². The lowest BCUT2D eigenvalue weighted by Crippen LogP contribution is -1.92. The summed E-state index contributed by atoms with van der Waals surface area (Å²) in [5, 5.41) is 8.55. The fourth-order valence-corrected chi connectivity index (χ4v) is 3.42. The molecule has 1 N–H and O–H groups in total. The van der Waals surface area contributed by atoms with E-state index < -0.39 is 5.97 Å². The standard InChI is InChI=1S/C24H46O2/c1-2-3-4-5-6-7-8-9-10-11-12-13-14-15-16-17-18-19-20-21-22-23-24(25)26/h19-20H,2-18,21-23H2,1H3,(H,25,26). The van der Waals surface area contributed by atoms with Crippen LogP contribution in [0, 0.1) is 0 Å². The Balaban J connectivity index is 3.05. The second-order valence-electron chi connectivity index (χ2n) is 7.85. The summed E-state index contributed by atoms with van der Waals surface area (Å²) in [7, 11) is 0. The summed E-state index contributed by atoms with van der Waals surface area (Å²) in [4.78, 5) is 10.4. The van der Waals surface area contributed by atoms with E-state index in [0.29, 0.717) is 6.42 Å². The number of aliphatic carboxylic acids is 1. The Hall–Kier alpha value is -0.790. The molecular formula is C24H46O2. The Morgan fingerprint density at radius 3 is 1.31 bits per heavy atom. The Kier molecular flexibility index (Phi) is 21.6. The molecule has 0 bridgehead atoms. The van der Waals surface area contributed by atoms with Crippen molar-refractivity contribution in [3.05, 3.63) is 12.2 Å². The predicted octanol–water partition coefficient (Wildman–Crippen LogP) is 8.45. The number of hydrogen-bond acceptors (Lipinski definition) is 1. The van der Waals surface area contributed by atoms with E-state index in [2.05, 4.69) is 19.1 Å². The van der Waals surface area contributed by atoms with E-state index in [9.17, 15) is 4.79 Å². The summed E-state index contributed by atoms with van der Waals surface area (Å²) < 4.78 is 0. The average molecular weight is 367 g/mol. The molecular weight excluding hydrogens is 320 g/mol. The van der Waals surface area contributed by atoms with Crippen molar-refractivity contribution in [2.75, 3.05) is 0 Å². The quantitative estimate of drug-likeness (QED) is 0.163. The molecule has 0 spiro atoms. The number of hydrogen-bond donors (Lipinski definition) is 1. The van der Waals surface area contributed by atoms with Gasteiger partial charge in [0.25, 0.3) is 0 Å². The van der Waals surface area contributed by atoms with Crippen LogP contribution in [-0.4, -0.2) is 11.1 Å². The van der Waals surface area contributed by atoms with Crippen LogP contribution in [0.2, 0.25) is 0 Å². The molecule has 0 aromatic rings. The minimum absolute atomic E-state index is 0.295. The van der Waals surface area contributed by atoms with Gasteiger partial charge in [0.15, 0.2) is 0 Å². The van der Waals surface area contributed by atoms with Crippen LogP contribution in [-0.2, 0) is 4.79 Å². The van der Waals surface area contributed by atoms with Crippen LogP contribution in [0.1, 0.15) is 135 Å². The molecule has 0 aliphatic heterocycles. The fraction of sp³-hybridized carbons (Fsp3) is 0.875. The van der Waals surface area contributed by atoms with Gasteiger partial charge in [-0.25, -0.2) is 0 Å². The van der Waals surface area contributed by atoms with Crippen LogP contribution in [0.4, 0.5) is 0 Å². The highest BCUT2D eigenvalue weighted by Gasteiger charge is 1.95. The normalized spacial score (nSPS) is 11.4. The van der Waals surface area contributed by atoms with Crippen molar-refractivity contribution in [3.63, 3.8) is 0 Å². The third kappa shape index (κ3) is 23.2. The largest absolute Gasteiger partial charge is 0.481 e. The van der Waals surface area contributed by atoms with Gasteiger partial charge < -0.3 is 5.11 Å². The van der Waals surface area contributed by atoms with E-state index in [4.69, 9.17) is 5.11 Å². The zero-order valence-corrected chi connectivity index (χ0v) is 17.7. The predicted molar refractivity (Wildman–Crippen MR) is 115 cm³/mol. The lowest BCUT2D eigenvalue weighted by Gasteiger charge is -2.03.